The van der Waals surface area contributed by atoms with E-state index in [1.54, 1.807) is 24.3 Å². The highest BCUT2D eigenvalue weighted by molar-refractivity contribution is 7.94. The van der Waals surface area contributed by atoms with Crippen molar-refractivity contribution in [1.82, 2.24) is 0 Å². The van der Waals surface area contributed by atoms with Crippen LogP contribution in [0, 0.1) is 13.8 Å². The number of rotatable bonds is 11. The molecule has 0 saturated heterocycles. The summed E-state index contributed by atoms with van der Waals surface area (Å²) in [6.07, 6.45) is 0. The van der Waals surface area contributed by atoms with Crippen molar-refractivity contribution < 1.29 is 35.9 Å². The van der Waals surface area contributed by atoms with Crippen LogP contribution in [0.3, 0.4) is 0 Å². The van der Waals surface area contributed by atoms with Gasteiger partial charge in [-0.05, 0) is 86.6 Å². The van der Waals surface area contributed by atoms with E-state index in [0.717, 1.165) is 11.1 Å². The van der Waals surface area contributed by atoms with Crippen molar-refractivity contribution >= 4 is 43.5 Å². The van der Waals surface area contributed by atoms with E-state index in [-0.39, 0.29) is 34.4 Å². The highest BCUT2D eigenvalue weighted by Crippen LogP contribution is 2.28. The monoisotopic (exact) mass is 638 g/mol. The number of nitrogens with two attached hydrogens (primary N) is 2. The quantitative estimate of drug-likeness (QED) is 0.228. The number of nitrogens with zero attached hydrogens (tertiary/aromatic N) is 2. The molecule has 4 aromatic carbocycles. The Bertz CT molecular complexity index is 1710. The predicted molar refractivity (Wildman–Crippen MR) is 165 cm³/mol. The molecule has 0 fully saturated rings. The lowest BCUT2D eigenvalue weighted by atomic mass is 10.2. The van der Waals surface area contributed by atoms with Gasteiger partial charge < -0.3 is 20.9 Å². The summed E-state index contributed by atoms with van der Waals surface area (Å²) in [6, 6.07) is 21.2. The number of sulfonamides is 2. The fourth-order valence-corrected chi connectivity index (χ4v) is 6.73. The van der Waals surface area contributed by atoms with Crippen molar-refractivity contribution in [2.24, 2.45) is 11.5 Å². The predicted octanol–water partition coefficient (Wildman–Crippen LogP) is 4.31. The van der Waals surface area contributed by atoms with Crippen LogP contribution in [-0.4, -0.2) is 42.1 Å². The lowest BCUT2D eigenvalue weighted by molar-refractivity contribution is 0.217. The van der Waals surface area contributed by atoms with Gasteiger partial charge in [-0.2, -0.15) is 8.61 Å². The Balaban J connectivity index is 1.36. The molecule has 0 spiro atoms. The number of benzene rings is 4. The van der Waals surface area contributed by atoms with Gasteiger partial charge in [0.15, 0.2) is 0 Å². The van der Waals surface area contributed by atoms with Gasteiger partial charge in [0.25, 0.3) is 20.0 Å². The van der Waals surface area contributed by atoms with Crippen molar-refractivity contribution in [2.75, 3.05) is 21.8 Å². The molecule has 4 amide bonds. The van der Waals surface area contributed by atoms with Gasteiger partial charge in [-0.1, -0.05) is 35.4 Å². The Labute approximate surface area is 255 Å². The van der Waals surface area contributed by atoms with E-state index in [1.807, 2.05) is 13.8 Å². The molecule has 0 aromatic heterocycles. The summed E-state index contributed by atoms with van der Waals surface area (Å²) in [7, 11) is -8.47. The number of urea groups is 2. The number of ether oxygens (including phenoxy) is 2. The zero-order valence-electron chi connectivity index (χ0n) is 23.8. The Hall–Kier alpha value is -5.08. The number of amides is 4. The topological polar surface area (TPSA) is 179 Å². The molecule has 0 saturated carbocycles. The van der Waals surface area contributed by atoms with Crippen LogP contribution in [0.5, 0.6) is 11.5 Å². The summed E-state index contributed by atoms with van der Waals surface area (Å²) < 4.78 is 64.5. The molecule has 0 atom stereocenters. The molecule has 0 aliphatic carbocycles. The third kappa shape index (κ3) is 7.10. The number of anilines is 2. The summed E-state index contributed by atoms with van der Waals surface area (Å²) in [4.78, 5) is 24.0. The zero-order chi connectivity index (χ0) is 32.1. The fourth-order valence-electron chi connectivity index (χ4n) is 4.07. The molecule has 4 aromatic rings. The molecule has 44 heavy (non-hydrogen) atoms. The highest BCUT2D eigenvalue weighted by atomic mass is 32.2. The van der Waals surface area contributed by atoms with Crippen LogP contribution >= 0.6 is 0 Å². The summed E-state index contributed by atoms with van der Waals surface area (Å²) in [5.41, 5.74) is 12.6. The number of primary amides is 2. The highest BCUT2D eigenvalue weighted by Gasteiger charge is 2.30. The van der Waals surface area contributed by atoms with Crippen LogP contribution in [0.2, 0.25) is 0 Å². The van der Waals surface area contributed by atoms with Crippen molar-refractivity contribution in [1.29, 1.82) is 0 Å². The Morgan fingerprint density at radius 3 is 1.11 bits per heavy atom. The lowest BCUT2D eigenvalue weighted by Crippen LogP contribution is -2.40. The molecule has 4 rings (SSSR count). The minimum absolute atomic E-state index is 0.0381. The van der Waals surface area contributed by atoms with Gasteiger partial charge in [0.05, 0.1) is 21.2 Å². The largest absolute Gasteiger partial charge is 0.490 e. The lowest BCUT2D eigenvalue weighted by Gasteiger charge is -2.21. The average Bonchev–Trinajstić information content (AvgIpc) is 2.97. The van der Waals surface area contributed by atoms with Gasteiger partial charge in [0.2, 0.25) is 0 Å². The summed E-state index contributed by atoms with van der Waals surface area (Å²) >= 11 is 0. The molecule has 0 aliphatic heterocycles. The van der Waals surface area contributed by atoms with Gasteiger partial charge in [-0.15, -0.1) is 0 Å². The second-order valence-corrected chi connectivity index (χ2v) is 13.1. The SMILES string of the molecule is Cc1ccc(S(=O)(=O)N(C(N)=O)c2ccc(OCCOc3ccc(N(C(N)=O)S(=O)(=O)c4ccc(C)cc4)cc3)cc2)cc1. The molecule has 0 unspecified atom stereocenters. The van der Waals surface area contributed by atoms with Crippen LogP contribution in [0.1, 0.15) is 11.1 Å². The van der Waals surface area contributed by atoms with Gasteiger partial charge in [-0.25, -0.2) is 26.4 Å². The summed E-state index contributed by atoms with van der Waals surface area (Å²) in [6.45, 7) is 3.81. The Morgan fingerprint density at radius 2 is 0.841 bits per heavy atom. The molecule has 12 nitrogen and oxygen atoms in total. The first-order chi connectivity index (χ1) is 20.8. The van der Waals surface area contributed by atoms with Crippen LogP contribution < -0.4 is 29.6 Å². The van der Waals surface area contributed by atoms with E-state index < -0.39 is 32.1 Å². The first kappa shape index (κ1) is 31.8. The average molecular weight is 639 g/mol. The van der Waals surface area contributed by atoms with Gasteiger partial charge in [0.1, 0.15) is 24.7 Å². The zero-order valence-corrected chi connectivity index (χ0v) is 25.4. The standard InChI is InChI=1S/C30H30N4O8S2/c1-21-3-15-27(16-4-21)43(37,38)33(29(31)35)23-7-11-25(12-8-23)41-19-20-42-26-13-9-24(10-14-26)34(30(32)36)44(39,40)28-17-5-22(2)6-18-28/h3-18H,19-20H2,1-2H3,(H2,31,35)(H2,32,36). The van der Waals surface area contributed by atoms with Crippen molar-refractivity contribution in [3.8, 4) is 11.5 Å². The maximum atomic E-state index is 13.1. The minimum Gasteiger partial charge on any atom is -0.490 e. The van der Waals surface area contributed by atoms with Crippen molar-refractivity contribution in [2.45, 2.75) is 23.6 Å². The normalized spacial score (nSPS) is 11.4. The van der Waals surface area contributed by atoms with E-state index >= 15 is 0 Å². The minimum atomic E-state index is -4.24. The number of aryl methyl sites for hydroxylation is 2. The second kappa shape index (κ2) is 13.1. The van der Waals surface area contributed by atoms with Crippen LogP contribution in [0.15, 0.2) is 107 Å². The number of hydrogen-bond acceptors (Lipinski definition) is 8. The van der Waals surface area contributed by atoms with E-state index in [9.17, 15) is 26.4 Å². The third-order valence-electron chi connectivity index (χ3n) is 6.28. The first-order valence-electron chi connectivity index (χ1n) is 13.1. The molecule has 0 aliphatic rings. The molecule has 0 radical (unpaired) electrons. The number of carbonyl (C=O) groups is 2. The van der Waals surface area contributed by atoms with Gasteiger partial charge in [-0.3, -0.25) is 0 Å². The molecule has 14 heteroatoms. The maximum absolute atomic E-state index is 13.1. The molecule has 0 bridgehead atoms. The van der Waals surface area contributed by atoms with Crippen LogP contribution in [-0.2, 0) is 20.0 Å². The van der Waals surface area contributed by atoms with E-state index in [2.05, 4.69) is 0 Å². The van der Waals surface area contributed by atoms with Crippen molar-refractivity contribution in [3.05, 3.63) is 108 Å². The summed E-state index contributed by atoms with van der Waals surface area (Å²) in [5.74, 6) is 0.756. The van der Waals surface area contributed by atoms with E-state index in [1.165, 1.54) is 72.8 Å². The maximum Gasteiger partial charge on any atom is 0.333 e. The van der Waals surface area contributed by atoms with E-state index in [4.69, 9.17) is 20.9 Å². The smallest absolute Gasteiger partial charge is 0.333 e. The van der Waals surface area contributed by atoms with Crippen molar-refractivity contribution in [3.63, 3.8) is 0 Å². The van der Waals surface area contributed by atoms with Gasteiger partial charge >= 0.3 is 12.1 Å². The molecule has 230 valence electrons. The molecular formula is C30H30N4O8S2. The molecule has 0 heterocycles. The van der Waals surface area contributed by atoms with Gasteiger partial charge in [0, 0.05) is 0 Å². The third-order valence-corrected chi connectivity index (χ3v) is 9.76. The first-order valence-corrected chi connectivity index (χ1v) is 16.0. The summed E-state index contributed by atoms with van der Waals surface area (Å²) in [5, 5.41) is 0. The van der Waals surface area contributed by atoms with E-state index in [0.29, 0.717) is 20.1 Å². The number of carbonyl (C=O) groups excluding carboxylic acids is 2. The second-order valence-electron chi connectivity index (χ2n) is 9.53. The molecular weight excluding hydrogens is 608 g/mol. The fraction of sp³-hybridized carbons (Fsp3) is 0.133. The van der Waals surface area contributed by atoms with Crippen LogP contribution in [0.25, 0.3) is 0 Å². The van der Waals surface area contributed by atoms with Crippen LogP contribution in [0.4, 0.5) is 21.0 Å². The Morgan fingerprint density at radius 1 is 0.545 bits per heavy atom. The number of hydrogen-bond donors (Lipinski definition) is 2. The molecule has 4 N–H and O–H groups in total. The Kier molecular flexibility index (Phi) is 9.45.